The normalized spacial score (nSPS) is 20.0. The van der Waals surface area contributed by atoms with Crippen molar-refractivity contribution in [2.24, 2.45) is 5.41 Å². The molecule has 0 spiro atoms. The molecule has 0 bridgehead atoms. The molecule has 2 rings (SSSR count). The highest BCUT2D eigenvalue weighted by Crippen LogP contribution is 2.37. The summed E-state index contributed by atoms with van der Waals surface area (Å²) < 4.78 is 28.5. The Bertz CT molecular complexity index is 593. The number of hydrogen-bond acceptors (Lipinski definition) is 2. The van der Waals surface area contributed by atoms with Crippen molar-refractivity contribution in [1.82, 2.24) is 4.31 Å². The first-order chi connectivity index (χ1) is 9.28. The summed E-state index contributed by atoms with van der Waals surface area (Å²) in [5, 5.41) is 0. The van der Waals surface area contributed by atoms with Crippen molar-refractivity contribution in [3.8, 4) is 0 Å². The molecule has 112 valence electrons. The van der Waals surface area contributed by atoms with Crippen molar-refractivity contribution in [2.75, 3.05) is 13.1 Å². The topological polar surface area (TPSA) is 37.4 Å². The summed E-state index contributed by atoms with van der Waals surface area (Å²) in [5.74, 6) is 0. The molecular formula is C14H19Br2NO2S. The van der Waals surface area contributed by atoms with Gasteiger partial charge < -0.3 is 0 Å². The summed E-state index contributed by atoms with van der Waals surface area (Å²) in [6.07, 6.45) is 2.95. The average molecular weight is 425 g/mol. The summed E-state index contributed by atoms with van der Waals surface area (Å²) in [5.41, 5.74) is 0.281. The molecule has 0 saturated carbocycles. The van der Waals surface area contributed by atoms with Crippen LogP contribution in [0.25, 0.3) is 0 Å². The molecule has 0 radical (unpaired) electrons. The van der Waals surface area contributed by atoms with E-state index in [1.54, 1.807) is 22.5 Å². The summed E-state index contributed by atoms with van der Waals surface area (Å²) in [6.45, 7) is 5.63. The third-order valence-electron chi connectivity index (χ3n) is 4.29. The molecular weight excluding hydrogens is 406 g/mol. The van der Waals surface area contributed by atoms with Crippen LogP contribution in [0.15, 0.2) is 32.0 Å². The van der Waals surface area contributed by atoms with Gasteiger partial charge in [-0.05, 0) is 52.4 Å². The Hall–Kier alpha value is 0.0900. The largest absolute Gasteiger partial charge is 0.244 e. The molecule has 1 aliphatic heterocycles. The minimum Gasteiger partial charge on any atom is -0.207 e. The first-order valence-corrected chi connectivity index (χ1v) is 9.76. The number of nitrogens with zero attached hydrogens (tertiary/aromatic N) is 1. The second-order valence-electron chi connectivity index (χ2n) is 5.64. The monoisotopic (exact) mass is 423 g/mol. The Kier molecular flexibility index (Phi) is 4.99. The second kappa shape index (κ2) is 6.07. The van der Waals surface area contributed by atoms with Crippen molar-refractivity contribution in [3.05, 3.63) is 27.1 Å². The van der Waals surface area contributed by atoms with Crippen LogP contribution < -0.4 is 0 Å². The van der Waals surface area contributed by atoms with Gasteiger partial charge in [-0.25, -0.2) is 8.42 Å². The molecule has 0 atom stereocenters. The van der Waals surface area contributed by atoms with E-state index in [0.717, 1.165) is 23.7 Å². The molecule has 3 nitrogen and oxygen atoms in total. The molecule has 1 saturated heterocycles. The minimum absolute atomic E-state index is 0.281. The number of benzene rings is 1. The van der Waals surface area contributed by atoms with Gasteiger partial charge in [-0.1, -0.05) is 36.2 Å². The molecule has 1 aromatic rings. The van der Waals surface area contributed by atoms with Gasteiger partial charge in [0.05, 0.1) is 4.90 Å². The van der Waals surface area contributed by atoms with Crippen molar-refractivity contribution in [1.29, 1.82) is 0 Å². The lowest BCUT2D eigenvalue weighted by Crippen LogP contribution is -2.41. The van der Waals surface area contributed by atoms with Gasteiger partial charge in [0.1, 0.15) is 0 Å². The molecule has 1 aliphatic rings. The van der Waals surface area contributed by atoms with Gasteiger partial charge in [0.2, 0.25) is 10.0 Å². The van der Waals surface area contributed by atoms with Gasteiger partial charge in [0, 0.05) is 22.0 Å². The Morgan fingerprint density at radius 3 is 2.35 bits per heavy atom. The van der Waals surface area contributed by atoms with Crippen LogP contribution in [0.5, 0.6) is 0 Å². The lowest BCUT2D eigenvalue weighted by Gasteiger charge is -2.38. The van der Waals surface area contributed by atoms with Crippen LogP contribution >= 0.6 is 31.9 Å². The summed E-state index contributed by atoms with van der Waals surface area (Å²) in [6, 6.07) is 5.18. The Labute approximate surface area is 138 Å². The number of halogens is 2. The van der Waals surface area contributed by atoms with E-state index in [1.165, 1.54) is 0 Å². The molecule has 0 N–H and O–H groups in total. The van der Waals surface area contributed by atoms with Crippen molar-refractivity contribution in [2.45, 2.75) is 38.0 Å². The van der Waals surface area contributed by atoms with Crippen LogP contribution in [0.2, 0.25) is 0 Å². The van der Waals surface area contributed by atoms with Gasteiger partial charge in [-0.2, -0.15) is 4.31 Å². The Morgan fingerprint density at radius 1 is 1.25 bits per heavy atom. The molecule has 1 fully saturated rings. The Morgan fingerprint density at radius 2 is 1.85 bits per heavy atom. The lowest BCUT2D eigenvalue weighted by molar-refractivity contribution is 0.169. The number of piperidine rings is 1. The zero-order valence-electron chi connectivity index (χ0n) is 11.7. The zero-order valence-corrected chi connectivity index (χ0v) is 15.7. The third-order valence-corrected chi connectivity index (χ3v) is 7.66. The lowest BCUT2D eigenvalue weighted by atomic mass is 9.79. The number of sulfonamides is 1. The summed E-state index contributed by atoms with van der Waals surface area (Å²) in [7, 11) is -3.40. The maximum absolute atomic E-state index is 12.7. The smallest absolute Gasteiger partial charge is 0.207 e. The predicted octanol–water partition coefficient (Wildman–Crippen LogP) is 4.41. The van der Waals surface area contributed by atoms with Crippen molar-refractivity contribution in [3.63, 3.8) is 0 Å². The summed E-state index contributed by atoms with van der Waals surface area (Å²) in [4.78, 5) is 0.348. The quantitative estimate of drug-likeness (QED) is 0.720. The molecule has 0 aromatic heterocycles. The average Bonchev–Trinajstić information content (AvgIpc) is 2.39. The van der Waals surface area contributed by atoms with E-state index < -0.39 is 10.0 Å². The standard InChI is InChI=1S/C14H19Br2NO2S/c1-3-14(2)6-8-17(9-7-14)20(18,19)13-5-4-11(15)10-12(13)16/h4-5,10H,3,6-9H2,1-2H3. The molecule has 6 heteroatoms. The van der Waals surface area contributed by atoms with Crippen LogP contribution in [0, 0.1) is 5.41 Å². The summed E-state index contributed by atoms with van der Waals surface area (Å²) >= 11 is 6.69. The predicted molar refractivity (Wildman–Crippen MR) is 88.2 cm³/mol. The van der Waals surface area contributed by atoms with E-state index in [2.05, 4.69) is 45.7 Å². The maximum Gasteiger partial charge on any atom is 0.244 e. The minimum atomic E-state index is -3.40. The maximum atomic E-state index is 12.7. The van der Waals surface area contributed by atoms with Gasteiger partial charge in [0.25, 0.3) is 0 Å². The van der Waals surface area contributed by atoms with E-state index >= 15 is 0 Å². The van der Waals surface area contributed by atoms with E-state index in [1.807, 2.05) is 0 Å². The van der Waals surface area contributed by atoms with Crippen LogP contribution in [0.4, 0.5) is 0 Å². The zero-order chi connectivity index (χ0) is 15.0. The SMILES string of the molecule is CCC1(C)CCN(S(=O)(=O)c2ccc(Br)cc2Br)CC1. The molecule has 0 unspecified atom stereocenters. The first-order valence-electron chi connectivity index (χ1n) is 6.74. The molecule has 0 aliphatic carbocycles. The Balaban J connectivity index is 2.24. The van der Waals surface area contributed by atoms with E-state index in [4.69, 9.17) is 0 Å². The fourth-order valence-electron chi connectivity index (χ4n) is 2.44. The van der Waals surface area contributed by atoms with Gasteiger partial charge in [0.15, 0.2) is 0 Å². The highest BCUT2D eigenvalue weighted by molar-refractivity contribution is 9.11. The fourth-order valence-corrected chi connectivity index (χ4v) is 5.59. The van der Waals surface area contributed by atoms with E-state index in [-0.39, 0.29) is 5.41 Å². The van der Waals surface area contributed by atoms with E-state index in [0.29, 0.717) is 22.5 Å². The van der Waals surface area contributed by atoms with Crippen molar-refractivity contribution < 1.29 is 8.42 Å². The van der Waals surface area contributed by atoms with Crippen LogP contribution in [0.3, 0.4) is 0 Å². The van der Waals surface area contributed by atoms with Crippen molar-refractivity contribution >= 4 is 41.9 Å². The third kappa shape index (κ3) is 3.29. The molecule has 1 aromatic carbocycles. The van der Waals surface area contributed by atoms with Gasteiger partial charge in [-0.15, -0.1) is 0 Å². The molecule has 20 heavy (non-hydrogen) atoms. The first kappa shape index (κ1) is 16.5. The van der Waals surface area contributed by atoms with Gasteiger partial charge in [-0.3, -0.25) is 0 Å². The highest BCUT2D eigenvalue weighted by atomic mass is 79.9. The highest BCUT2D eigenvalue weighted by Gasteiger charge is 2.35. The second-order valence-corrected chi connectivity index (χ2v) is 9.32. The van der Waals surface area contributed by atoms with E-state index in [9.17, 15) is 8.42 Å². The van der Waals surface area contributed by atoms with Crippen LogP contribution in [-0.4, -0.2) is 25.8 Å². The van der Waals surface area contributed by atoms with Crippen LogP contribution in [0.1, 0.15) is 33.1 Å². The molecule has 0 amide bonds. The molecule has 1 heterocycles. The fraction of sp³-hybridized carbons (Fsp3) is 0.571. The van der Waals surface area contributed by atoms with Gasteiger partial charge >= 0.3 is 0 Å². The number of rotatable bonds is 3. The van der Waals surface area contributed by atoms with Crippen LogP contribution in [-0.2, 0) is 10.0 Å². The number of hydrogen-bond donors (Lipinski definition) is 0.